The van der Waals surface area contributed by atoms with Gasteiger partial charge in [-0.2, -0.15) is 12.6 Å². The largest absolute Gasteiger partial charge is 0.491 e. The predicted octanol–water partition coefficient (Wildman–Crippen LogP) is 2.32. The van der Waals surface area contributed by atoms with E-state index >= 15 is 0 Å². The van der Waals surface area contributed by atoms with E-state index in [4.69, 9.17) is 9.47 Å². The molecule has 0 atom stereocenters. The molecule has 2 nitrogen and oxygen atoms in total. The molecule has 0 spiro atoms. The Morgan fingerprint density at radius 2 is 1.93 bits per heavy atom. The van der Waals surface area contributed by atoms with Gasteiger partial charge in [0.15, 0.2) is 0 Å². The first kappa shape index (κ1) is 11.4. The van der Waals surface area contributed by atoms with Gasteiger partial charge in [0, 0.05) is 5.75 Å². The van der Waals surface area contributed by atoms with E-state index in [-0.39, 0.29) is 0 Å². The topological polar surface area (TPSA) is 18.5 Å². The van der Waals surface area contributed by atoms with Crippen LogP contribution in [0.5, 0.6) is 5.75 Å². The lowest BCUT2D eigenvalue weighted by Crippen LogP contribution is -2.08. The Bertz CT molecular complexity index is 263. The van der Waals surface area contributed by atoms with E-state index in [2.05, 4.69) is 12.6 Å². The first-order chi connectivity index (χ1) is 6.84. The molecule has 0 fully saturated rings. The number of ether oxygens (including phenoxy) is 2. The third-order valence-corrected chi connectivity index (χ3v) is 2.00. The molecule has 1 rings (SSSR count). The van der Waals surface area contributed by atoms with Crippen molar-refractivity contribution in [2.45, 2.75) is 6.92 Å². The molecule has 0 radical (unpaired) electrons. The van der Waals surface area contributed by atoms with Crippen molar-refractivity contribution in [3.05, 3.63) is 29.8 Å². The molecule has 14 heavy (non-hydrogen) atoms. The van der Waals surface area contributed by atoms with Gasteiger partial charge in [-0.1, -0.05) is 18.2 Å². The number of hydrogen-bond donors (Lipinski definition) is 1. The lowest BCUT2D eigenvalue weighted by Gasteiger charge is -2.08. The third kappa shape index (κ3) is 4.03. The summed E-state index contributed by atoms with van der Waals surface area (Å²) < 4.78 is 10.8. The van der Waals surface area contributed by atoms with Gasteiger partial charge in [-0.15, -0.1) is 0 Å². The van der Waals surface area contributed by atoms with Crippen LogP contribution in [0.1, 0.15) is 5.56 Å². The smallest absolute Gasteiger partial charge is 0.122 e. The highest BCUT2D eigenvalue weighted by Gasteiger charge is 1.96. The predicted molar refractivity (Wildman–Crippen MR) is 61.3 cm³/mol. The van der Waals surface area contributed by atoms with Crippen LogP contribution < -0.4 is 4.74 Å². The summed E-state index contributed by atoms with van der Waals surface area (Å²) in [6, 6.07) is 7.97. The van der Waals surface area contributed by atoms with Gasteiger partial charge in [0.1, 0.15) is 12.4 Å². The van der Waals surface area contributed by atoms with Crippen LogP contribution >= 0.6 is 12.6 Å². The van der Waals surface area contributed by atoms with Crippen molar-refractivity contribution < 1.29 is 9.47 Å². The quantitative estimate of drug-likeness (QED) is 0.576. The van der Waals surface area contributed by atoms with Gasteiger partial charge in [0.2, 0.25) is 0 Å². The van der Waals surface area contributed by atoms with Gasteiger partial charge in [-0.05, 0) is 18.6 Å². The highest BCUT2D eigenvalue weighted by molar-refractivity contribution is 7.80. The van der Waals surface area contributed by atoms with Crippen molar-refractivity contribution in [1.82, 2.24) is 0 Å². The number of benzene rings is 1. The Morgan fingerprint density at radius 1 is 1.14 bits per heavy atom. The highest BCUT2D eigenvalue weighted by atomic mass is 32.1. The minimum absolute atomic E-state index is 0.596. The molecular weight excluding hydrogens is 196 g/mol. The lowest BCUT2D eigenvalue weighted by atomic mass is 10.2. The van der Waals surface area contributed by atoms with Gasteiger partial charge in [-0.25, -0.2) is 0 Å². The zero-order valence-electron chi connectivity index (χ0n) is 8.40. The van der Waals surface area contributed by atoms with Crippen LogP contribution in [0.25, 0.3) is 0 Å². The van der Waals surface area contributed by atoms with Crippen molar-refractivity contribution in [1.29, 1.82) is 0 Å². The SMILES string of the molecule is Cc1ccccc1OCCOCCS. The molecule has 1 aromatic rings. The molecule has 0 bridgehead atoms. The minimum Gasteiger partial charge on any atom is -0.491 e. The summed E-state index contributed by atoms with van der Waals surface area (Å²) in [7, 11) is 0. The van der Waals surface area contributed by atoms with E-state index in [0.29, 0.717) is 19.8 Å². The highest BCUT2D eigenvalue weighted by Crippen LogP contribution is 2.15. The molecule has 1 aromatic carbocycles. The number of thiol groups is 1. The summed E-state index contributed by atoms with van der Waals surface area (Å²) in [5, 5.41) is 0. The average Bonchev–Trinajstić information content (AvgIpc) is 2.20. The fourth-order valence-electron chi connectivity index (χ4n) is 1.10. The van der Waals surface area contributed by atoms with Crippen molar-refractivity contribution >= 4 is 12.6 Å². The fourth-order valence-corrected chi connectivity index (χ4v) is 1.22. The lowest BCUT2D eigenvalue weighted by molar-refractivity contribution is 0.112. The Morgan fingerprint density at radius 3 is 2.64 bits per heavy atom. The van der Waals surface area contributed by atoms with E-state index in [9.17, 15) is 0 Å². The zero-order valence-corrected chi connectivity index (χ0v) is 9.30. The fraction of sp³-hybridized carbons (Fsp3) is 0.455. The third-order valence-electron chi connectivity index (χ3n) is 1.81. The van der Waals surface area contributed by atoms with Crippen molar-refractivity contribution in [3.63, 3.8) is 0 Å². The van der Waals surface area contributed by atoms with Gasteiger partial charge in [-0.3, -0.25) is 0 Å². The van der Waals surface area contributed by atoms with Crippen LogP contribution in [-0.4, -0.2) is 25.6 Å². The molecule has 0 aliphatic heterocycles. The Kier molecular flexibility index (Phi) is 5.49. The van der Waals surface area contributed by atoms with Gasteiger partial charge < -0.3 is 9.47 Å². The maximum Gasteiger partial charge on any atom is 0.122 e. The van der Waals surface area contributed by atoms with E-state index in [1.807, 2.05) is 31.2 Å². The van der Waals surface area contributed by atoms with Crippen LogP contribution in [0.2, 0.25) is 0 Å². The minimum atomic E-state index is 0.596. The molecule has 0 aromatic heterocycles. The summed E-state index contributed by atoms with van der Waals surface area (Å²) in [6.07, 6.45) is 0. The second kappa shape index (κ2) is 6.74. The molecular formula is C11H16O2S. The van der Waals surface area contributed by atoms with Crippen LogP contribution in [0.4, 0.5) is 0 Å². The summed E-state index contributed by atoms with van der Waals surface area (Å²) in [4.78, 5) is 0. The molecule has 0 saturated carbocycles. The molecule has 0 amide bonds. The van der Waals surface area contributed by atoms with Crippen LogP contribution in [0, 0.1) is 6.92 Å². The number of para-hydroxylation sites is 1. The summed E-state index contributed by atoms with van der Waals surface area (Å²) in [5.41, 5.74) is 1.15. The summed E-state index contributed by atoms with van der Waals surface area (Å²) >= 11 is 4.04. The van der Waals surface area contributed by atoms with E-state index in [0.717, 1.165) is 17.1 Å². The standard InChI is InChI=1S/C11H16O2S/c1-10-4-2-3-5-11(10)13-7-6-12-8-9-14/h2-5,14H,6-9H2,1H3. The summed E-state index contributed by atoms with van der Waals surface area (Å²) in [6.45, 7) is 3.93. The molecule has 0 aliphatic rings. The number of hydrogen-bond acceptors (Lipinski definition) is 3. The van der Waals surface area contributed by atoms with Gasteiger partial charge in [0.05, 0.1) is 13.2 Å². The first-order valence-corrected chi connectivity index (χ1v) is 5.35. The van der Waals surface area contributed by atoms with Crippen molar-refractivity contribution in [2.24, 2.45) is 0 Å². The maximum atomic E-state index is 5.53. The van der Waals surface area contributed by atoms with E-state index in [1.165, 1.54) is 0 Å². The number of aryl methyl sites for hydroxylation is 1. The Balaban J connectivity index is 2.21. The second-order valence-corrected chi connectivity index (χ2v) is 3.40. The summed E-state index contributed by atoms with van der Waals surface area (Å²) in [5.74, 6) is 1.69. The Labute approximate surface area is 90.6 Å². The van der Waals surface area contributed by atoms with Crippen LogP contribution in [0.15, 0.2) is 24.3 Å². The molecule has 0 aliphatic carbocycles. The van der Waals surface area contributed by atoms with Crippen molar-refractivity contribution in [2.75, 3.05) is 25.6 Å². The van der Waals surface area contributed by atoms with Gasteiger partial charge in [0.25, 0.3) is 0 Å². The monoisotopic (exact) mass is 212 g/mol. The number of rotatable bonds is 6. The second-order valence-electron chi connectivity index (χ2n) is 2.95. The van der Waals surface area contributed by atoms with Crippen molar-refractivity contribution in [3.8, 4) is 5.75 Å². The van der Waals surface area contributed by atoms with E-state index in [1.54, 1.807) is 0 Å². The zero-order chi connectivity index (χ0) is 10.2. The van der Waals surface area contributed by atoms with Crippen LogP contribution in [-0.2, 0) is 4.74 Å². The molecule has 0 N–H and O–H groups in total. The molecule has 78 valence electrons. The molecule has 0 saturated heterocycles. The molecule has 3 heteroatoms. The Hall–Kier alpha value is -0.670. The molecule has 0 unspecified atom stereocenters. The first-order valence-electron chi connectivity index (χ1n) is 4.71. The normalized spacial score (nSPS) is 10.1. The van der Waals surface area contributed by atoms with Crippen LogP contribution in [0.3, 0.4) is 0 Å². The van der Waals surface area contributed by atoms with Gasteiger partial charge >= 0.3 is 0 Å². The average molecular weight is 212 g/mol. The molecule has 0 heterocycles. The maximum absolute atomic E-state index is 5.53. The van der Waals surface area contributed by atoms with E-state index < -0.39 is 0 Å².